The maximum atomic E-state index is 7.75. The second-order valence-electron chi connectivity index (χ2n) is 0.0505. The van der Waals surface area contributed by atoms with Crippen LogP contribution < -0.4 is 0 Å². The van der Waals surface area contributed by atoms with Crippen molar-refractivity contribution in [2.24, 2.45) is 0 Å². The van der Waals surface area contributed by atoms with E-state index in [4.69, 9.17) is 39.4 Å². The van der Waals surface area contributed by atoms with E-state index in [1.807, 2.05) is 0 Å². The summed E-state index contributed by atoms with van der Waals surface area (Å²) in [6.07, 6.45) is 0. The molecule has 70 valence electrons. The summed E-state index contributed by atoms with van der Waals surface area (Å²) in [4.78, 5) is 31.0. The molecular weight excluding hydrogens is 239 g/mol. The molecule has 0 saturated heterocycles. The third kappa shape index (κ3) is 12200. The molecule has 0 N–H and O–H groups in total. The van der Waals surface area contributed by atoms with E-state index in [0.29, 0.717) is 0 Å². The monoisotopic (exact) mass is 242 g/mol. The fourth-order valence-electron chi connectivity index (χ4n) is 0. The van der Waals surface area contributed by atoms with E-state index in [-0.39, 0.29) is 13.1 Å². The Kier molecular flexibility index (Phi) is 3480. The van der Waals surface area contributed by atoms with Gasteiger partial charge in [-0.3, -0.25) is 27.2 Å². The molecule has 0 aromatic carbocycles. The van der Waals surface area contributed by atoms with Crippen LogP contribution in [0.25, 0.3) is 0 Å². The van der Waals surface area contributed by atoms with E-state index in [1.54, 1.807) is 0 Å². The van der Waals surface area contributed by atoms with Crippen LogP contribution in [0.4, 0.5) is 0 Å². The van der Waals surface area contributed by atoms with Gasteiger partial charge in [0.25, 0.3) is 0 Å². The number of hydrogen-bond acceptors (Lipinski definition) is 4. The topological polar surface area (TPSA) is 68.3 Å². The molecule has 0 spiro atoms. The van der Waals surface area contributed by atoms with Gasteiger partial charge in [-0.1, -0.05) is 0 Å². The molecule has 0 atom stereocenters. The van der Waals surface area contributed by atoms with Crippen molar-refractivity contribution in [1.82, 2.24) is 0 Å². The van der Waals surface area contributed by atoms with Gasteiger partial charge in [-0.25, -0.2) is 0 Å². The van der Waals surface area contributed by atoms with Crippen LogP contribution in [0.1, 0.15) is 0 Å². The molecule has 0 fully saturated rings. The molecule has 0 radical (unpaired) electrons. The molecule has 0 aromatic rings. The first-order valence-corrected chi connectivity index (χ1v) is 4.25. The number of halogens is 2. The Hall–Kier alpha value is -0.221. The van der Waals surface area contributed by atoms with Crippen LogP contribution in [0, 0.1) is 0 Å². The summed E-state index contributed by atoms with van der Waals surface area (Å²) in [7, 11) is 9.53. The molecule has 0 bridgehead atoms. The Morgan fingerprint density at radius 3 is 0.636 bits per heavy atom. The number of hydrogen-bond donors (Lipinski definition) is 0. The summed E-state index contributed by atoms with van der Waals surface area (Å²) in [5.41, 5.74) is 0. The average Bonchev–Trinajstić information content (AvgIpc) is 2.18. The van der Waals surface area contributed by atoms with E-state index in [9.17, 15) is 0 Å². The molecule has 0 saturated carbocycles. The third-order valence-corrected chi connectivity index (χ3v) is 0. The minimum atomic E-state index is 0.194. The molecule has 7 heteroatoms. The van der Waals surface area contributed by atoms with E-state index in [2.05, 4.69) is 27.2 Å². The van der Waals surface area contributed by atoms with Gasteiger partial charge < -0.3 is 19.2 Å². The van der Waals surface area contributed by atoms with Crippen molar-refractivity contribution in [3.63, 3.8) is 0 Å². The summed E-state index contributed by atoms with van der Waals surface area (Å²) in [5.74, 6) is 0. The van der Waals surface area contributed by atoms with Crippen molar-refractivity contribution in [1.29, 1.82) is 0 Å². The van der Waals surface area contributed by atoms with Gasteiger partial charge in [0.05, 0.1) is 0 Å². The van der Waals surface area contributed by atoms with Gasteiger partial charge in [0.1, 0.15) is 0 Å². The Morgan fingerprint density at radius 1 is 0.636 bits per heavy atom. The first-order valence-electron chi connectivity index (χ1n) is 1.21. The van der Waals surface area contributed by atoms with Gasteiger partial charge in [-0.15, -0.1) is 0 Å². The van der Waals surface area contributed by atoms with Crippen LogP contribution in [0.2, 0.25) is 0 Å². The van der Waals surface area contributed by atoms with Gasteiger partial charge >= 0.3 is 33.3 Å². The molecule has 11 heavy (non-hydrogen) atoms. The molecule has 0 heterocycles. The molecule has 0 aliphatic rings. The third-order valence-electron chi connectivity index (χ3n) is 0. The molecule has 0 aliphatic heterocycles. The molecule has 0 amide bonds. The summed E-state index contributed by atoms with van der Waals surface area (Å²) >= 11 is 0.194. The van der Waals surface area contributed by atoms with Crippen LogP contribution in [-0.2, 0) is 32.3 Å². The minimum absolute atomic E-state index is 0.194. The van der Waals surface area contributed by atoms with Crippen molar-refractivity contribution in [3.05, 3.63) is 0 Å². The number of rotatable bonds is 0. The van der Waals surface area contributed by atoms with Crippen LogP contribution in [0.3, 0.4) is 0 Å². The Morgan fingerprint density at radius 2 is 0.636 bits per heavy atom. The number of carbonyl (C=O) groups excluding carboxylic acids is 4. The van der Waals surface area contributed by atoms with E-state index in [1.165, 1.54) is 0 Å². The van der Waals surface area contributed by atoms with Gasteiger partial charge in [0, 0.05) is 0 Å². The Balaban J connectivity index is -0.0000000139. The SMILES string of the molecule is [CH-]=O.[CH-]=O.[CH-]=O.[CH-]=O.[Cl][Fe][Cl]. The van der Waals surface area contributed by atoms with Crippen LogP contribution in [0.5, 0.6) is 0 Å². The molecular formula is C4H4Cl2FeO4-4. The average molecular weight is 243 g/mol. The van der Waals surface area contributed by atoms with Crippen molar-refractivity contribution in [3.8, 4) is 0 Å². The molecule has 4 nitrogen and oxygen atoms in total. The quantitative estimate of drug-likeness (QED) is 0.348. The normalized spacial score (nSPS) is 3.45. The van der Waals surface area contributed by atoms with Crippen molar-refractivity contribution in [2.75, 3.05) is 0 Å². The second kappa shape index (κ2) is 1240. The standard InChI is InChI=1S/4CHO.2ClH.Fe/c4*1-2;;;/h4*1H;2*1H;/q4*-1;;;+2/p-2. The predicted octanol–water partition coefficient (Wildman–Crippen LogP) is 0.280. The first-order chi connectivity index (χ1) is 5.41. The van der Waals surface area contributed by atoms with Crippen LogP contribution in [-0.4, -0.2) is 27.2 Å². The zero-order chi connectivity index (χ0) is 10.7. The maximum absolute atomic E-state index is 7.75. The van der Waals surface area contributed by atoms with Gasteiger partial charge in [0.15, 0.2) is 0 Å². The van der Waals surface area contributed by atoms with Crippen LogP contribution >= 0.6 is 20.2 Å². The predicted molar refractivity (Wildman–Crippen MR) is 38.7 cm³/mol. The summed E-state index contributed by atoms with van der Waals surface area (Å²) < 4.78 is 0. The molecule has 0 aliphatic carbocycles. The van der Waals surface area contributed by atoms with E-state index < -0.39 is 0 Å². The Labute approximate surface area is 79.8 Å². The van der Waals surface area contributed by atoms with Crippen molar-refractivity contribution >= 4 is 47.4 Å². The van der Waals surface area contributed by atoms with Crippen molar-refractivity contribution in [2.45, 2.75) is 0 Å². The van der Waals surface area contributed by atoms with E-state index in [0.717, 1.165) is 0 Å². The first kappa shape index (κ1) is 30.9. The molecule has 0 unspecified atom stereocenters. The zero-order valence-electron chi connectivity index (χ0n) is 5.05. The molecule has 0 aromatic heterocycles. The second-order valence-corrected chi connectivity index (χ2v) is 1.87. The molecule has 0 rings (SSSR count). The van der Waals surface area contributed by atoms with E-state index >= 15 is 0 Å². The fourth-order valence-corrected chi connectivity index (χ4v) is 0. The fraction of sp³-hybridized carbons (Fsp3) is 0. The van der Waals surface area contributed by atoms with Gasteiger partial charge in [0.2, 0.25) is 0 Å². The summed E-state index contributed by atoms with van der Waals surface area (Å²) in [6.45, 7) is 13.0. The van der Waals surface area contributed by atoms with Crippen LogP contribution in [0.15, 0.2) is 0 Å². The zero-order valence-corrected chi connectivity index (χ0v) is 7.67. The van der Waals surface area contributed by atoms with Gasteiger partial charge in [-0.2, -0.15) is 0 Å². The van der Waals surface area contributed by atoms with Gasteiger partial charge in [-0.05, 0) is 0 Å². The van der Waals surface area contributed by atoms with Crippen molar-refractivity contribution < 1.29 is 32.3 Å². The Bertz CT molecular complexity index is 35.3. The summed E-state index contributed by atoms with van der Waals surface area (Å²) in [6, 6.07) is 0. The summed E-state index contributed by atoms with van der Waals surface area (Å²) in [5, 5.41) is 0.